The van der Waals surface area contributed by atoms with Crippen LogP contribution >= 0.6 is 23.2 Å². The zero-order chi connectivity index (χ0) is 26.7. The van der Waals surface area contributed by atoms with Gasteiger partial charge in [0.05, 0.1) is 16.4 Å². The van der Waals surface area contributed by atoms with Crippen LogP contribution in [0.1, 0.15) is 11.8 Å². The lowest BCUT2D eigenvalue weighted by molar-refractivity contribution is -0.126. The molecule has 1 aromatic heterocycles. The zero-order valence-corrected chi connectivity index (χ0v) is 21.8. The SMILES string of the molecule is O=C1C2ON(c3ccccc3)C(c3ccc(-c4cc(Cl)ccc4Cl)o3)C2C(=O)N1c1cccc2ccccc12. The monoisotopic (exact) mass is 554 g/mol. The van der Waals surface area contributed by atoms with Crippen LogP contribution < -0.4 is 9.96 Å². The van der Waals surface area contributed by atoms with Gasteiger partial charge in [0.15, 0.2) is 6.10 Å². The van der Waals surface area contributed by atoms with Crippen molar-refractivity contribution in [2.45, 2.75) is 12.1 Å². The Balaban J connectivity index is 1.33. The molecule has 2 saturated heterocycles. The second-order valence-corrected chi connectivity index (χ2v) is 10.3. The summed E-state index contributed by atoms with van der Waals surface area (Å²) in [4.78, 5) is 35.4. The molecule has 192 valence electrons. The molecule has 2 fully saturated rings. The predicted octanol–water partition coefficient (Wildman–Crippen LogP) is 7.46. The van der Waals surface area contributed by atoms with Gasteiger partial charge in [-0.1, -0.05) is 77.8 Å². The Bertz CT molecular complexity index is 1750. The topological polar surface area (TPSA) is 63.0 Å². The highest BCUT2D eigenvalue weighted by molar-refractivity contribution is 6.35. The summed E-state index contributed by atoms with van der Waals surface area (Å²) in [6, 6.07) is 30.6. The first-order valence-electron chi connectivity index (χ1n) is 12.4. The Labute approximate surface area is 233 Å². The van der Waals surface area contributed by atoms with Crippen LogP contribution in [0.2, 0.25) is 10.0 Å². The maximum Gasteiger partial charge on any atom is 0.266 e. The van der Waals surface area contributed by atoms with Crippen molar-refractivity contribution in [2.75, 3.05) is 9.96 Å². The number of carbonyl (C=O) groups is 2. The van der Waals surface area contributed by atoms with E-state index in [0.717, 1.165) is 10.8 Å². The number of furan rings is 1. The van der Waals surface area contributed by atoms with Gasteiger partial charge in [0, 0.05) is 16.0 Å². The lowest BCUT2D eigenvalue weighted by atomic mass is 9.94. The number of benzene rings is 4. The van der Waals surface area contributed by atoms with Gasteiger partial charge in [-0.25, -0.2) is 9.96 Å². The van der Waals surface area contributed by atoms with E-state index < -0.39 is 24.0 Å². The van der Waals surface area contributed by atoms with E-state index in [2.05, 4.69) is 0 Å². The van der Waals surface area contributed by atoms with E-state index in [4.69, 9.17) is 32.5 Å². The Morgan fingerprint density at radius 1 is 0.744 bits per heavy atom. The van der Waals surface area contributed by atoms with Crippen molar-refractivity contribution < 1.29 is 18.8 Å². The third-order valence-corrected chi connectivity index (χ3v) is 7.81. The van der Waals surface area contributed by atoms with Gasteiger partial charge in [-0.15, -0.1) is 0 Å². The van der Waals surface area contributed by atoms with E-state index in [0.29, 0.717) is 38.5 Å². The lowest BCUT2D eigenvalue weighted by Crippen LogP contribution is -2.37. The fourth-order valence-corrected chi connectivity index (χ4v) is 5.87. The molecule has 0 saturated carbocycles. The second kappa shape index (κ2) is 9.27. The molecule has 5 aromatic rings. The van der Waals surface area contributed by atoms with Crippen LogP contribution in [0, 0.1) is 5.92 Å². The summed E-state index contributed by atoms with van der Waals surface area (Å²) in [5.74, 6) is -0.613. The molecule has 7 rings (SSSR count). The first kappa shape index (κ1) is 24.0. The maximum absolute atomic E-state index is 14.1. The highest BCUT2D eigenvalue weighted by Crippen LogP contribution is 2.49. The van der Waals surface area contributed by atoms with Gasteiger partial charge in [-0.05, 0) is 53.9 Å². The number of amides is 2. The fourth-order valence-electron chi connectivity index (χ4n) is 5.49. The molecule has 6 nitrogen and oxygen atoms in total. The molecule has 2 aliphatic heterocycles. The van der Waals surface area contributed by atoms with Crippen LogP contribution in [-0.4, -0.2) is 17.9 Å². The van der Waals surface area contributed by atoms with E-state index in [1.165, 1.54) is 4.90 Å². The van der Waals surface area contributed by atoms with Crippen LogP contribution in [0.15, 0.2) is 108 Å². The Hall–Kier alpha value is -4.10. The summed E-state index contributed by atoms with van der Waals surface area (Å²) < 4.78 is 6.30. The first-order chi connectivity index (χ1) is 19.0. The minimum absolute atomic E-state index is 0.344. The van der Waals surface area contributed by atoms with E-state index in [1.807, 2.05) is 66.7 Å². The van der Waals surface area contributed by atoms with Crippen LogP contribution in [-0.2, 0) is 14.4 Å². The molecular formula is C31H20Cl2N2O4. The number of fused-ring (bicyclic) bond motifs is 2. The minimum Gasteiger partial charge on any atom is -0.459 e. The van der Waals surface area contributed by atoms with Crippen molar-refractivity contribution in [2.24, 2.45) is 5.92 Å². The molecule has 0 aliphatic carbocycles. The van der Waals surface area contributed by atoms with Crippen molar-refractivity contribution in [3.63, 3.8) is 0 Å². The molecule has 0 N–H and O–H groups in total. The number of halogens is 2. The van der Waals surface area contributed by atoms with Crippen LogP contribution in [0.5, 0.6) is 0 Å². The highest BCUT2D eigenvalue weighted by Gasteiger charge is 2.61. The van der Waals surface area contributed by atoms with Gasteiger partial charge >= 0.3 is 0 Å². The van der Waals surface area contributed by atoms with E-state index in [9.17, 15) is 9.59 Å². The van der Waals surface area contributed by atoms with Crippen molar-refractivity contribution in [1.29, 1.82) is 0 Å². The average molecular weight is 555 g/mol. The van der Waals surface area contributed by atoms with Gasteiger partial charge in [0.25, 0.3) is 5.91 Å². The van der Waals surface area contributed by atoms with Crippen LogP contribution in [0.25, 0.3) is 22.1 Å². The molecule has 0 spiro atoms. The molecule has 0 bridgehead atoms. The third kappa shape index (κ3) is 3.83. The van der Waals surface area contributed by atoms with Gasteiger partial charge in [0.2, 0.25) is 5.91 Å². The molecule has 2 aliphatic rings. The molecule has 0 radical (unpaired) electrons. The number of para-hydroxylation sites is 1. The van der Waals surface area contributed by atoms with Crippen molar-refractivity contribution in [3.05, 3.63) is 119 Å². The maximum atomic E-state index is 14.1. The standard InChI is InChI=1S/C31H20Cl2N2O4/c32-19-13-14-23(33)22(17-19)25-15-16-26(38-25)28-27-29(39-35(28)20-9-2-1-3-10-20)31(37)34(30(27)36)24-12-6-8-18-7-4-5-11-21(18)24/h1-17,27-29H. The zero-order valence-electron chi connectivity index (χ0n) is 20.3. The van der Waals surface area contributed by atoms with E-state index in [1.54, 1.807) is 41.5 Å². The van der Waals surface area contributed by atoms with Gasteiger partial charge < -0.3 is 4.42 Å². The summed E-state index contributed by atoms with van der Waals surface area (Å²) in [5, 5.41) is 4.35. The molecule has 8 heteroatoms. The van der Waals surface area contributed by atoms with Crippen molar-refractivity contribution >= 4 is 57.2 Å². The normalized spacial score (nSPS) is 20.7. The fraction of sp³-hybridized carbons (Fsp3) is 0.0968. The quantitative estimate of drug-likeness (QED) is 0.216. The minimum atomic E-state index is -1.01. The summed E-state index contributed by atoms with van der Waals surface area (Å²) in [6.45, 7) is 0. The predicted molar refractivity (Wildman–Crippen MR) is 151 cm³/mol. The number of hydrogen-bond acceptors (Lipinski definition) is 5. The smallest absolute Gasteiger partial charge is 0.266 e. The van der Waals surface area contributed by atoms with Gasteiger partial charge in [0.1, 0.15) is 23.5 Å². The summed E-state index contributed by atoms with van der Waals surface area (Å²) in [5.41, 5.74) is 1.87. The Morgan fingerprint density at radius 2 is 1.51 bits per heavy atom. The highest BCUT2D eigenvalue weighted by atomic mass is 35.5. The Kier molecular flexibility index (Phi) is 5.70. The molecule has 39 heavy (non-hydrogen) atoms. The number of hydroxylamine groups is 1. The number of imide groups is 1. The first-order valence-corrected chi connectivity index (χ1v) is 13.2. The van der Waals surface area contributed by atoms with E-state index in [-0.39, 0.29) is 5.91 Å². The van der Waals surface area contributed by atoms with Gasteiger partial charge in [-0.3, -0.25) is 14.4 Å². The lowest BCUT2D eigenvalue weighted by Gasteiger charge is -2.27. The van der Waals surface area contributed by atoms with Crippen molar-refractivity contribution in [1.82, 2.24) is 0 Å². The number of anilines is 2. The molecular weight excluding hydrogens is 535 g/mol. The number of carbonyl (C=O) groups excluding carboxylic acids is 2. The van der Waals surface area contributed by atoms with Crippen LogP contribution in [0.3, 0.4) is 0 Å². The third-order valence-electron chi connectivity index (χ3n) is 7.25. The second-order valence-electron chi connectivity index (χ2n) is 9.49. The van der Waals surface area contributed by atoms with Gasteiger partial charge in [-0.2, -0.15) is 0 Å². The molecule has 2 amide bonds. The summed E-state index contributed by atoms with van der Waals surface area (Å²) in [6.07, 6.45) is -1.01. The summed E-state index contributed by atoms with van der Waals surface area (Å²) in [7, 11) is 0. The number of rotatable bonds is 4. The molecule has 3 unspecified atom stereocenters. The van der Waals surface area contributed by atoms with Crippen LogP contribution in [0.4, 0.5) is 11.4 Å². The molecule has 4 aromatic carbocycles. The Morgan fingerprint density at radius 3 is 2.36 bits per heavy atom. The molecule has 3 heterocycles. The number of nitrogens with zero attached hydrogens (tertiary/aromatic N) is 2. The largest absolute Gasteiger partial charge is 0.459 e. The van der Waals surface area contributed by atoms with Crippen molar-refractivity contribution in [3.8, 4) is 11.3 Å². The summed E-state index contributed by atoms with van der Waals surface area (Å²) >= 11 is 12.6. The number of hydrogen-bond donors (Lipinski definition) is 0. The average Bonchev–Trinajstić information content (AvgIpc) is 3.65. The molecule has 3 atom stereocenters. The van der Waals surface area contributed by atoms with E-state index >= 15 is 0 Å².